The number of nitrogens with two attached hydrogens (primary N) is 1. The van der Waals surface area contributed by atoms with Crippen LogP contribution in [-0.4, -0.2) is 0 Å². The van der Waals surface area contributed by atoms with Gasteiger partial charge < -0.3 is 5.73 Å². The number of nitrogens with zero attached hydrogens (tertiary/aromatic N) is 1. The number of hydrogen-bond donors (Lipinski definition) is 1. The van der Waals surface area contributed by atoms with Crippen LogP contribution in [0.1, 0.15) is 30.5 Å². The van der Waals surface area contributed by atoms with Gasteiger partial charge in [-0.25, -0.2) is 0 Å². The molecule has 0 spiro atoms. The Morgan fingerprint density at radius 1 is 1.62 bits per heavy atom. The van der Waals surface area contributed by atoms with Crippen LogP contribution >= 0.6 is 11.6 Å². The normalized spacial score (nSPS) is 12.2. The molecule has 1 rings (SSSR count). The second-order valence-corrected chi connectivity index (χ2v) is 3.23. The Morgan fingerprint density at radius 2 is 2.31 bits per heavy atom. The minimum absolute atomic E-state index is 0.150. The predicted octanol–water partition coefficient (Wildman–Crippen LogP) is 2.62. The summed E-state index contributed by atoms with van der Waals surface area (Å²) in [5.41, 5.74) is 7.17. The van der Waals surface area contributed by atoms with E-state index < -0.39 is 0 Å². The Hall–Kier alpha value is -1.04. The molecule has 68 valence electrons. The van der Waals surface area contributed by atoms with Crippen molar-refractivity contribution >= 4 is 11.6 Å². The van der Waals surface area contributed by atoms with E-state index in [9.17, 15) is 0 Å². The lowest BCUT2D eigenvalue weighted by atomic mass is 10.00. The SMILES string of the molecule is CC[C@@H](N)c1c(Cl)cccc1C#N. The van der Waals surface area contributed by atoms with Crippen molar-refractivity contribution in [3.05, 3.63) is 34.3 Å². The molecule has 2 N–H and O–H groups in total. The fourth-order valence-electron chi connectivity index (χ4n) is 1.22. The van der Waals surface area contributed by atoms with Crippen molar-refractivity contribution in [2.45, 2.75) is 19.4 Å². The Bertz CT molecular complexity index is 341. The van der Waals surface area contributed by atoms with Gasteiger partial charge in [-0.05, 0) is 18.6 Å². The van der Waals surface area contributed by atoms with E-state index in [1.807, 2.05) is 6.92 Å². The highest BCUT2D eigenvalue weighted by molar-refractivity contribution is 6.31. The van der Waals surface area contributed by atoms with Crippen molar-refractivity contribution in [1.82, 2.24) is 0 Å². The molecule has 1 aromatic carbocycles. The first kappa shape index (κ1) is 10.0. The first-order valence-corrected chi connectivity index (χ1v) is 4.52. The molecular formula is C10H11ClN2. The van der Waals surface area contributed by atoms with Crippen LogP contribution in [0.4, 0.5) is 0 Å². The number of benzene rings is 1. The van der Waals surface area contributed by atoms with Crippen LogP contribution in [0, 0.1) is 11.3 Å². The van der Waals surface area contributed by atoms with E-state index in [2.05, 4.69) is 6.07 Å². The van der Waals surface area contributed by atoms with Crippen molar-refractivity contribution in [1.29, 1.82) is 5.26 Å². The van der Waals surface area contributed by atoms with E-state index in [1.54, 1.807) is 18.2 Å². The molecule has 0 aliphatic rings. The van der Waals surface area contributed by atoms with Gasteiger partial charge in [-0.2, -0.15) is 5.26 Å². The molecule has 0 unspecified atom stereocenters. The van der Waals surface area contributed by atoms with Gasteiger partial charge in [0.05, 0.1) is 11.6 Å². The second kappa shape index (κ2) is 4.27. The zero-order valence-corrected chi connectivity index (χ0v) is 8.17. The first-order chi connectivity index (χ1) is 6.20. The lowest BCUT2D eigenvalue weighted by Crippen LogP contribution is -2.11. The van der Waals surface area contributed by atoms with Crippen molar-refractivity contribution in [3.63, 3.8) is 0 Å². The van der Waals surface area contributed by atoms with Crippen LogP contribution in [0.3, 0.4) is 0 Å². The molecule has 0 aromatic heterocycles. The van der Waals surface area contributed by atoms with E-state index in [-0.39, 0.29) is 6.04 Å². The number of rotatable bonds is 2. The van der Waals surface area contributed by atoms with Crippen LogP contribution in [0.25, 0.3) is 0 Å². The zero-order valence-electron chi connectivity index (χ0n) is 7.42. The highest BCUT2D eigenvalue weighted by atomic mass is 35.5. The third kappa shape index (κ3) is 2.00. The lowest BCUT2D eigenvalue weighted by Gasteiger charge is -2.12. The van der Waals surface area contributed by atoms with Crippen LogP contribution in [0.5, 0.6) is 0 Å². The number of nitriles is 1. The number of hydrogen-bond acceptors (Lipinski definition) is 2. The third-order valence-electron chi connectivity index (χ3n) is 1.98. The molecule has 0 bridgehead atoms. The maximum Gasteiger partial charge on any atom is 0.0995 e. The van der Waals surface area contributed by atoms with Crippen molar-refractivity contribution in [3.8, 4) is 6.07 Å². The first-order valence-electron chi connectivity index (χ1n) is 4.14. The van der Waals surface area contributed by atoms with Crippen molar-refractivity contribution < 1.29 is 0 Å². The summed E-state index contributed by atoms with van der Waals surface area (Å²) in [6.45, 7) is 1.97. The molecule has 0 aliphatic heterocycles. The number of halogens is 1. The summed E-state index contributed by atoms with van der Waals surface area (Å²) in [6.07, 6.45) is 0.776. The second-order valence-electron chi connectivity index (χ2n) is 2.83. The fourth-order valence-corrected chi connectivity index (χ4v) is 1.53. The van der Waals surface area contributed by atoms with E-state index in [0.29, 0.717) is 10.6 Å². The predicted molar refractivity (Wildman–Crippen MR) is 53.4 cm³/mol. The van der Waals surface area contributed by atoms with Gasteiger partial charge in [0.1, 0.15) is 0 Å². The average molecular weight is 195 g/mol. The molecule has 0 saturated heterocycles. The summed E-state index contributed by atoms with van der Waals surface area (Å²) >= 11 is 5.95. The Labute approximate surface area is 82.9 Å². The van der Waals surface area contributed by atoms with Crippen LogP contribution < -0.4 is 5.73 Å². The Kier molecular flexibility index (Phi) is 3.30. The molecule has 3 heteroatoms. The molecule has 1 atom stereocenters. The Balaban J connectivity index is 3.24. The van der Waals surface area contributed by atoms with Crippen molar-refractivity contribution in [2.75, 3.05) is 0 Å². The molecule has 13 heavy (non-hydrogen) atoms. The van der Waals surface area contributed by atoms with Crippen LogP contribution in [0.15, 0.2) is 18.2 Å². The minimum Gasteiger partial charge on any atom is -0.324 e. The summed E-state index contributed by atoms with van der Waals surface area (Å²) in [5, 5.41) is 9.40. The van der Waals surface area contributed by atoms with E-state index >= 15 is 0 Å². The molecule has 1 aromatic rings. The standard InChI is InChI=1S/C10H11ClN2/c1-2-9(13)10-7(6-12)4-3-5-8(10)11/h3-5,9H,2,13H2,1H3/t9-/m1/s1. The smallest absolute Gasteiger partial charge is 0.0995 e. The van der Waals surface area contributed by atoms with E-state index in [4.69, 9.17) is 22.6 Å². The lowest BCUT2D eigenvalue weighted by molar-refractivity contribution is 0.697. The van der Waals surface area contributed by atoms with Gasteiger partial charge in [0.25, 0.3) is 0 Å². The molecule has 0 fully saturated rings. The largest absolute Gasteiger partial charge is 0.324 e. The van der Waals surface area contributed by atoms with Crippen LogP contribution in [0.2, 0.25) is 5.02 Å². The van der Waals surface area contributed by atoms with Gasteiger partial charge in [0.15, 0.2) is 0 Å². The molecule has 2 nitrogen and oxygen atoms in total. The molecule has 0 radical (unpaired) electrons. The summed E-state index contributed by atoms with van der Waals surface area (Å²) in [5.74, 6) is 0. The summed E-state index contributed by atoms with van der Waals surface area (Å²) < 4.78 is 0. The van der Waals surface area contributed by atoms with E-state index in [0.717, 1.165) is 12.0 Å². The maximum absolute atomic E-state index is 8.82. The monoisotopic (exact) mass is 194 g/mol. The molecule has 0 heterocycles. The highest BCUT2D eigenvalue weighted by Crippen LogP contribution is 2.26. The molecule has 0 aliphatic carbocycles. The van der Waals surface area contributed by atoms with Gasteiger partial charge in [-0.15, -0.1) is 0 Å². The third-order valence-corrected chi connectivity index (χ3v) is 2.31. The molecular weight excluding hydrogens is 184 g/mol. The van der Waals surface area contributed by atoms with Gasteiger partial charge in [-0.1, -0.05) is 24.6 Å². The quantitative estimate of drug-likeness (QED) is 0.787. The van der Waals surface area contributed by atoms with Gasteiger partial charge >= 0.3 is 0 Å². The zero-order chi connectivity index (χ0) is 9.84. The van der Waals surface area contributed by atoms with Crippen LogP contribution in [-0.2, 0) is 0 Å². The fraction of sp³-hybridized carbons (Fsp3) is 0.300. The Morgan fingerprint density at radius 3 is 2.85 bits per heavy atom. The van der Waals surface area contributed by atoms with Crippen molar-refractivity contribution in [2.24, 2.45) is 5.73 Å². The summed E-state index contributed by atoms with van der Waals surface area (Å²) in [7, 11) is 0. The minimum atomic E-state index is -0.150. The van der Waals surface area contributed by atoms with Gasteiger partial charge in [0, 0.05) is 16.6 Å². The topological polar surface area (TPSA) is 49.8 Å². The highest BCUT2D eigenvalue weighted by Gasteiger charge is 2.12. The summed E-state index contributed by atoms with van der Waals surface area (Å²) in [6, 6.07) is 7.18. The van der Waals surface area contributed by atoms with Gasteiger partial charge in [-0.3, -0.25) is 0 Å². The average Bonchev–Trinajstić information content (AvgIpc) is 2.16. The van der Waals surface area contributed by atoms with Gasteiger partial charge in [0.2, 0.25) is 0 Å². The molecule has 0 amide bonds. The maximum atomic E-state index is 8.82. The summed E-state index contributed by atoms with van der Waals surface area (Å²) in [4.78, 5) is 0. The molecule has 0 saturated carbocycles. The van der Waals surface area contributed by atoms with E-state index in [1.165, 1.54) is 0 Å².